The van der Waals surface area contributed by atoms with Gasteiger partial charge in [0.05, 0.1) is 5.60 Å². The van der Waals surface area contributed by atoms with Gasteiger partial charge in [-0.05, 0) is 70.6 Å². The van der Waals surface area contributed by atoms with E-state index in [2.05, 4.69) is 17.1 Å². The number of hydrogen-bond acceptors (Lipinski definition) is 4. The fourth-order valence-corrected chi connectivity index (χ4v) is 4.28. The van der Waals surface area contributed by atoms with E-state index in [0.717, 1.165) is 51.2 Å². The number of nitrogens with zero attached hydrogens (tertiary/aromatic N) is 1. The summed E-state index contributed by atoms with van der Waals surface area (Å²) in [7, 11) is 0. The smallest absolute Gasteiger partial charge is 0.0741 e. The van der Waals surface area contributed by atoms with Gasteiger partial charge >= 0.3 is 0 Å². The summed E-state index contributed by atoms with van der Waals surface area (Å²) in [4.78, 5) is 2.75. The molecule has 0 aromatic carbocycles. The first kappa shape index (κ1) is 15.7. The zero-order valence-electron chi connectivity index (χ0n) is 13.6. The molecule has 122 valence electrons. The molecular weight excluding hydrogens is 264 g/mol. The molecule has 1 N–H and O–H groups in total. The van der Waals surface area contributed by atoms with Gasteiger partial charge in [-0.15, -0.1) is 0 Å². The van der Waals surface area contributed by atoms with Gasteiger partial charge in [-0.2, -0.15) is 0 Å². The van der Waals surface area contributed by atoms with E-state index in [-0.39, 0.29) is 5.60 Å². The maximum absolute atomic E-state index is 6.19. The molecule has 3 fully saturated rings. The van der Waals surface area contributed by atoms with Gasteiger partial charge in [0.1, 0.15) is 0 Å². The van der Waals surface area contributed by atoms with Crippen molar-refractivity contribution in [3.05, 3.63) is 0 Å². The molecule has 0 amide bonds. The number of ether oxygens (including phenoxy) is 2. The van der Waals surface area contributed by atoms with Gasteiger partial charge in [0.25, 0.3) is 0 Å². The Morgan fingerprint density at radius 3 is 2.57 bits per heavy atom. The lowest BCUT2D eigenvalue weighted by atomic mass is 9.82. The largest absolute Gasteiger partial charge is 0.381 e. The van der Waals surface area contributed by atoms with E-state index in [1.54, 1.807) is 0 Å². The van der Waals surface area contributed by atoms with Crippen molar-refractivity contribution in [3.63, 3.8) is 0 Å². The topological polar surface area (TPSA) is 33.7 Å². The van der Waals surface area contributed by atoms with Crippen LogP contribution in [0.1, 0.15) is 45.4 Å². The van der Waals surface area contributed by atoms with Gasteiger partial charge in [-0.25, -0.2) is 0 Å². The maximum atomic E-state index is 6.19. The summed E-state index contributed by atoms with van der Waals surface area (Å²) in [5, 5.41) is 3.51. The first-order chi connectivity index (χ1) is 10.3. The number of rotatable bonds is 4. The number of piperidine rings is 1. The second-order valence-electron chi connectivity index (χ2n) is 7.08. The van der Waals surface area contributed by atoms with Crippen LogP contribution < -0.4 is 5.32 Å². The van der Waals surface area contributed by atoms with Crippen LogP contribution in [0.25, 0.3) is 0 Å². The van der Waals surface area contributed by atoms with E-state index in [9.17, 15) is 0 Å². The third kappa shape index (κ3) is 3.98. The molecule has 4 heteroatoms. The molecule has 0 radical (unpaired) electrons. The van der Waals surface area contributed by atoms with E-state index < -0.39 is 0 Å². The molecule has 3 saturated heterocycles. The molecule has 3 aliphatic rings. The predicted octanol–water partition coefficient (Wildman–Crippen LogP) is 2.04. The fraction of sp³-hybridized carbons (Fsp3) is 1.00. The van der Waals surface area contributed by atoms with E-state index in [0.29, 0.717) is 0 Å². The monoisotopic (exact) mass is 296 g/mol. The predicted molar refractivity (Wildman–Crippen MR) is 84.6 cm³/mol. The second kappa shape index (κ2) is 7.40. The summed E-state index contributed by atoms with van der Waals surface area (Å²) in [5.74, 6) is 0.887. The lowest BCUT2D eigenvalue weighted by Crippen LogP contribution is -2.53. The van der Waals surface area contributed by atoms with E-state index in [1.807, 2.05) is 0 Å². The SMILES string of the molecule is CCNCC1CCN(C2CCOC3(CCOCC3)C2)CC1. The molecule has 3 aliphatic heterocycles. The Morgan fingerprint density at radius 2 is 1.86 bits per heavy atom. The molecule has 0 bridgehead atoms. The van der Waals surface area contributed by atoms with Crippen molar-refractivity contribution >= 4 is 0 Å². The Balaban J connectivity index is 1.48. The molecule has 0 aliphatic carbocycles. The third-order valence-electron chi connectivity index (χ3n) is 5.72. The highest BCUT2D eigenvalue weighted by atomic mass is 16.5. The first-order valence-corrected chi connectivity index (χ1v) is 8.98. The summed E-state index contributed by atoms with van der Waals surface area (Å²) in [6.45, 7) is 9.80. The average Bonchev–Trinajstić information content (AvgIpc) is 2.54. The molecule has 0 aromatic heterocycles. The standard InChI is InChI=1S/C17H32N2O2/c1-2-18-14-15-3-8-19(9-4-15)16-5-10-21-17(13-16)6-11-20-12-7-17/h15-16,18H,2-14H2,1H3. The first-order valence-electron chi connectivity index (χ1n) is 8.98. The van der Waals surface area contributed by atoms with Crippen LogP contribution in [0.5, 0.6) is 0 Å². The molecule has 21 heavy (non-hydrogen) atoms. The number of hydrogen-bond donors (Lipinski definition) is 1. The normalized spacial score (nSPS) is 31.6. The summed E-state index contributed by atoms with van der Waals surface area (Å²) in [6.07, 6.45) is 7.37. The number of nitrogens with one attached hydrogen (secondary N) is 1. The van der Waals surface area contributed by atoms with Crippen molar-refractivity contribution in [2.75, 3.05) is 46.0 Å². The van der Waals surface area contributed by atoms with Crippen molar-refractivity contribution < 1.29 is 9.47 Å². The van der Waals surface area contributed by atoms with Crippen LogP contribution in [0.2, 0.25) is 0 Å². The summed E-state index contributed by atoms with van der Waals surface area (Å²) < 4.78 is 11.7. The van der Waals surface area contributed by atoms with Gasteiger partial charge in [-0.3, -0.25) is 0 Å². The van der Waals surface area contributed by atoms with Crippen LogP contribution in [-0.4, -0.2) is 62.5 Å². The van der Waals surface area contributed by atoms with Crippen molar-refractivity contribution in [2.45, 2.75) is 57.1 Å². The molecule has 1 unspecified atom stereocenters. The third-order valence-corrected chi connectivity index (χ3v) is 5.72. The molecule has 1 spiro atoms. The molecule has 3 rings (SSSR count). The van der Waals surface area contributed by atoms with Gasteiger partial charge < -0.3 is 19.7 Å². The van der Waals surface area contributed by atoms with Crippen LogP contribution in [0.15, 0.2) is 0 Å². The van der Waals surface area contributed by atoms with Gasteiger partial charge in [-0.1, -0.05) is 6.92 Å². The maximum Gasteiger partial charge on any atom is 0.0741 e. The molecule has 4 nitrogen and oxygen atoms in total. The van der Waals surface area contributed by atoms with Crippen molar-refractivity contribution in [1.82, 2.24) is 10.2 Å². The van der Waals surface area contributed by atoms with Crippen LogP contribution >= 0.6 is 0 Å². The van der Waals surface area contributed by atoms with Crippen LogP contribution in [-0.2, 0) is 9.47 Å². The quantitative estimate of drug-likeness (QED) is 0.861. The highest BCUT2D eigenvalue weighted by Crippen LogP contribution is 2.37. The zero-order chi connectivity index (χ0) is 14.5. The van der Waals surface area contributed by atoms with E-state index >= 15 is 0 Å². The summed E-state index contributed by atoms with van der Waals surface area (Å²) in [5.41, 5.74) is 0.141. The van der Waals surface area contributed by atoms with E-state index in [4.69, 9.17) is 9.47 Å². The minimum absolute atomic E-state index is 0.141. The minimum Gasteiger partial charge on any atom is -0.381 e. The molecule has 1 atom stereocenters. The zero-order valence-corrected chi connectivity index (χ0v) is 13.6. The summed E-state index contributed by atoms with van der Waals surface area (Å²) in [6, 6.07) is 0.747. The average molecular weight is 296 g/mol. The Bertz CT molecular complexity index is 304. The molecule has 0 saturated carbocycles. The Hall–Kier alpha value is -0.160. The van der Waals surface area contributed by atoms with Gasteiger partial charge in [0, 0.05) is 25.9 Å². The Labute approximate surface area is 129 Å². The fourth-order valence-electron chi connectivity index (χ4n) is 4.28. The van der Waals surface area contributed by atoms with Crippen LogP contribution in [0.4, 0.5) is 0 Å². The Kier molecular flexibility index (Phi) is 5.54. The Morgan fingerprint density at radius 1 is 1.10 bits per heavy atom. The molecule has 0 aromatic rings. The summed E-state index contributed by atoms with van der Waals surface area (Å²) >= 11 is 0. The highest BCUT2D eigenvalue weighted by molar-refractivity contribution is 4.93. The van der Waals surface area contributed by atoms with Crippen molar-refractivity contribution in [2.24, 2.45) is 5.92 Å². The van der Waals surface area contributed by atoms with Gasteiger partial charge in [0.15, 0.2) is 0 Å². The molecule has 3 heterocycles. The minimum atomic E-state index is 0.141. The van der Waals surface area contributed by atoms with Crippen molar-refractivity contribution in [1.29, 1.82) is 0 Å². The van der Waals surface area contributed by atoms with Crippen LogP contribution in [0, 0.1) is 5.92 Å². The van der Waals surface area contributed by atoms with E-state index in [1.165, 1.54) is 45.3 Å². The number of likely N-dealkylation sites (tertiary alicyclic amines) is 1. The highest BCUT2D eigenvalue weighted by Gasteiger charge is 2.41. The lowest BCUT2D eigenvalue weighted by Gasteiger charge is -2.47. The second-order valence-corrected chi connectivity index (χ2v) is 7.08. The van der Waals surface area contributed by atoms with Gasteiger partial charge in [0.2, 0.25) is 0 Å². The lowest BCUT2D eigenvalue weighted by molar-refractivity contribution is -0.152. The van der Waals surface area contributed by atoms with Crippen molar-refractivity contribution in [3.8, 4) is 0 Å². The van der Waals surface area contributed by atoms with Crippen LogP contribution in [0.3, 0.4) is 0 Å². The molecular formula is C17H32N2O2.